The van der Waals surface area contributed by atoms with Gasteiger partial charge in [-0.3, -0.25) is 9.59 Å². The van der Waals surface area contributed by atoms with Crippen molar-refractivity contribution in [1.82, 2.24) is 5.32 Å². The van der Waals surface area contributed by atoms with E-state index < -0.39 is 17.9 Å². The molecule has 9 heteroatoms. The predicted octanol–water partition coefficient (Wildman–Crippen LogP) is 3.54. The second kappa shape index (κ2) is 9.07. The molecule has 0 saturated heterocycles. The molecule has 2 aromatic rings. The van der Waals surface area contributed by atoms with Crippen molar-refractivity contribution in [1.29, 1.82) is 0 Å². The average molecular weight is 396 g/mol. The molecule has 2 rings (SSSR count). The van der Waals surface area contributed by atoms with Crippen molar-refractivity contribution in [2.24, 2.45) is 0 Å². The minimum atomic E-state index is -0.546. The monoisotopic (exact) mass is 395 g/mol. The normalized spacial score (nSPS) is 9.96. The lowest BCUT2D eigenvalue weighted by Gasteiger charge is -2.09. The quantitative estimate of drug-likeness (QED) is 0.674. The minimum Gasteiger partial charge on any atom is -0.468 e. The van der Waals surface area contributed by atoms with Crippen molar-refractivity contribution >= 4 is 52.5 Å². The summed E-state index contributed by atoms with van der Waals surface area (Å²) in [6, 6.07) is 10.4. The maximum absolute atomic E-state index is 12.0. The molecular weight excluding hydrogens is 381 g/mol. The fraction of sp³-hybridized carbons (Fsp3) is 0.118. The Balaban J connectivity index is 1.91. The summed E-state index contributed by atoms with van der Waals surface area (Å²) in [5.41, 5.74) is 1.30. The third kappa shape index (κ3) is 5.65. The molecule has 3 amide bonds. The van der Waals surface area contributed by atoms with E-state index in [1.807, 2.05) is 0 Å². The van der Waals surface area contributed by atoms with E-state index in [0.717, 1.165) is 0 Å². The van der Waals surface area contributed by atoms with E-state index >= 15 is 0 Å². The van der Waals surface area contributed by atoms with E-state index in [2.05, 4.69) is 20.7 Å². The molecule has 136 valence electrons. The van der Waals surface area contributed by atoms with Crippen LogP contribution in [0.5, 0.6) is 0 Å². The molecule has 2 aromatic carbocycles. The van der Waals surface area contributed by atoms with Crippen molar-refractivity contribution in [2.75, 3.05) is 24.3 Å². The van der Waals surface area contributed by atoms with E-state index in [1.165, 1.54) is 25.3 Å². The molecule has 0 aliphatic carbocycles. The number of rotatable bonds is 5. The first-order valence-electron chi connectivity index (χ1n) is 7.37. The maximum Gasteiger partial charge on any atom is 0.325 e. The molecule has 0 radical (unpaired) electrons. The molecule has 0 unspecified atom stereocenters. The number of hydrogen-bond acceptors (Lipinski definition) is 4. The zero-order valence-corrected chi connectivity index (χ0v) is 15.1. The van der Waals surface area contributed by atoms with Gasteiger partial charge in [-0.25, -0.2) is 4.79 Å². The van der Waals surface area contributed by atoms with Gasteiger partial charge in [-0.2, -0.15) is 0 Å². The Bertz CT molecular complexity index is 825. The summed E-state index contributed by atoms with van der Waals surface area (Å²) in [6.07, 6.45) is 0. The smallest absolute Gasteiger partial charge is 0.325 e. The number of ether oxygens (including phenoxy) is 1. The zero-order chi connectivity index (χ0) is 19.1. The summed E-state index contributed by atoms with van der Waals surface area (Å²) in [7, 11) is 1.23. The van der Waals surface area contributed by atoms with Gasteiger partial charge < -0.3 is 20.7 Å². The Hall–Kier alpha value is -2.77. The number of urea groups is 1. The average Bonchev–Trinajstić information content (AvgIpc) is 2.63. The van der Waals surface area contributed by atoms with Crippen LogP contribution in [0.1, 0.15) is 10.4 Å². The number of nitrogens with one attached hydrogen (secondary N) is 3. The number of halogens is 2. The summed E-state index contributed by atoms with van der Waals surface area (Å²) in [5.74, 6) is -0.974. The standard InChI is InChI=1S/C17H15Cl2N3O4/c1-26-15(23)9-20-16(24)10-2-4-11(5-3-10)21-17(25)22-12-6-7-13(18)14(19)8-12/h2-8H,9H2,1H3,(H,20,24)(H2,21,22,25). The number of hydrogen-bond donors (Lipinski definition) is 3. The lowest BCUT2D eigenvalue weighted by atomic mass is 10.2. The SMILES string of the molecule is COC(=O)CNC(=O)c1ccc(NC(=O)Nc2ccc(Cl)c(Cl)c2)cc1. The van der Waals surface area contributed by atoms with Crippen LogP contribution in [0.4, 0.5) is 16.2 Å². The highest BCUT2D eigenvalue weighted by atomic mass is 35.5. The third-order valence-electron chi connectivity index (χ3n) is 3.20. The van der Waals surface area contributed by atoms with Crippen LogP contribution in [0.25, 0.3) is 0 Å². The molecule has 3 N–H and O–H groups in total. The number of carbonyl (C=O) groups is 3. The van der Waals surface area contributed by atoms with Gasteiger partial charge in [-0.05, 0) is 42.5 Å². The second-order valence-electron chi connectivity index (χ2n) is 5.04. The molecule has 0 aromatic heterocycles. The Morgan fingerprint density at radius 2 is 1.54 bits per heavy atom. The first kappa shape index (κ1) is 19.6. The largest absolute Gasteiger partial charge is 0.468 e. The van der Waals surface area contributed by atoms with Crippen LogP contribution in [-0.4, -0.2) is 31.6 Å². The molecule has 0 aliphatic rings. The first-order chi connectivity index (χ1) is 12.4. The molecule has 0 bridgehead atoms. The van der Waals surface area contributed by atoms with Gasteiger partial charge in [0.25, 0.3) is 5.91 Å². The maximum atomic E-state index is 12.0. The number of amides is 3. The molecule has 0 fully saturated rings. The molecule has 26 heavy (non-hydrogen) atoms. The van der Waals surface area contributed by atoms with Gasteiger partial charge in [0, 0.05) is 16.9 Å². The second-order valence-corrected chi connectivity index (χ2v) is 5.86. The third-order valence-corrected chi connectivity index (χ3v) is 3.94. The highest BCUT2D eigenvalue weighted by molar-refractivity contribution is 6.42. The zero-order valence-electron chi connectivity index (χ0n) is 13.6. The van der Waals surface area contributed by atoms with E-state index in [0.29, 0.717) is 27.0 Å². The summed E-state index contributed by atoms with van der Waals surface area (Å²) < 4.78 is 4.44. The molecule has 0 heterocycles. The highest BCUT2D eigenvalue weighted by Crippen LogP contribution is 2.25. The summed E-state index contributed by atoms with van der Waals surface area (Å²) >= 11 is 11.7. The van der Waals surface area contributed by atoms with Gasteiger partial charge in [0.05, 0.1) is 17.2 Å². The molecule has 0 spiro atoms. The number of benzene rings is 2. The number of carbonyl (C=O) groups excluding carboxylic acids is 3. The van der Waals surface area contributed by atoms with E-state index in [-0.39, 0.29) is 6.54 Å². The van der Waals surface area contributed by atoms with Crippen LogP contribution < -0.4 is 16.0 Å². The molecule has 0 aliphatic heterocycles. The van der Waals surface area contributed by atoms with Crippen LogP contribution in [0, 0.1) is 0 Å². The Morgan fingerprint density at radius 1 is 0.923 bits per heavy atom. The van der Waals surface area contributed by atoms with Crippen LogP contribution in [0.2, 0.25) is 10.0 Å². The van der Waals surface area contributed by atoms with Gasteiger partial charge in [0.1, 0.15) is 6.54 Å². The Kier molecular flexibility index (Phi) is 6.82. The summed E-state index contributed by atoms with van der Waals surface area (Å²) in [6.45, 7) is -0.221. The van der Waals surface area contributed by atoms with Crippen LogP contribution in [0.3, 0.4) is 0 Å². The molecular formula is C17H15Cl2N3O4. The van der Waals surface area contributed by atoms with Gasteiger partial charge in [-0.15, -0.1) is 0 Å². The summed E-state index contributed by atoms with van der Waals surface area (Å²) in [5, 5.41) is 8.36. The minimum absolute atomic E-state index is 0.221. The number of anilines is 2. The van der Waals surface area contributed by atoms with E-state index in [9.17, 15) is 14.4 Å². The van der Waals surface area contributed by atoms with Crippen LogP contribution in [-0.2, 0) is 9.53 Å². The number of methoxy groups -OCH3 is 1. The predicted molar refractivity (Wildman–Crippen MR) is 99.9 cm³/mol. The van der Waals surface area contributed by atoms with E-state index in [1.54, 1.807) is 24.3 Å². The van der Waals surface area contributed by atoms with Crippen molar-refractivity contribution in [2.45, 2.75) is 0 Å². The summed E-state index contributed by atoms with van der Waals surface area (Å²) in [4.78, 5) is 34.8. The first-order valence-corrected chi connectivity index (χ1v) is 8.13. The van der Waals surface area contributed by atoms with Crippen LogP contribution >= 0.6 is 23.2 Å². The van der Waals surface area contributed by atoms with Crippen molar-refractivity contribution in [3.8, 4) is 0 Å². The fourth-order valence-corrected chi connectivity index (χ4v) is 2.20. The molecule has 0 atom stereocenters. The lowest BCUT2D eigenvalue weighted by molar-refractivity contribution is -0.139. The molecule has 0 saturated carbocycles. The van der Waals surface area contributed by atoms with Gasteiger partial charge in [0.2, 0.25) is 0 Å². The van der Waals surface area contributed by atoms with Crippen molar-refractivity contribution < 1.29 is 19.1 Å². The van der Waals surface area contributed by atoms with E-state index in [4.69, 9.17) is 23.2 Å². The van der Waals surface area contributed by atoms with Gasteiger partial charge in [-0.1, -0.05) is 23.2 Å². The fourth-order valence-electron chi connectivity index (χ4n) is 1.90. The topological polar surface area (TPSA) is 96.5 Å². The van der Waals surface area contributed by atoms with Crippen molar-refractivity contribution in [3.63, 3.8) is 0 Å². The Morgan fingerprint density at radius 3 is 2.15 bits per heavy atom. The van der Waals surface area contributed by atoms with Crippen LogP contribution in [0.15, 0.2) is 42.5 Å². The van der Waals surface area contributed by atoms with Gasteiger partial charge >= 0.3 is 12.0 Å². The van der Waals surface area contributed by atoms with Crippen molar-refractivity contribution in [3.05, 3.63) is 58.1 Å². The number of esters is 1. The molecule has 7 nitrogen and oxygen atoms in total. The lowest BCUT2D eigenvalue weighted by Crippen LogP contribution is -2.30. The Labute approximate surface area is 159 Å². The van der Waals surface area contributed by atoms with Gasteiger partial charge in [0.15, 0.2) is 0 Å². The highest BCUT2D eigenvalue weighted by Gasteiger charge is 2.09.